The molecular weight excluding hydrogens is 252 g/mol. The second-order valence-corrected chi connectivity index (χ2v) is 6.64. The van der Waals surface area contributed by atoms with Crippen LogP contribution in [-0.4, -0.2) is 58.6 Å². The molecule has 1 atom stereocenters. The molecule has 0 aromatic carbocycles. The molecule has 4 heteroatoms. The maximum Gasteiger partial charge on any atom is 0.237 e. The molecule has 0 aromatic rings. The molecule has 2 fully saturated rings. The molecule has 1 aliphatic carbocycles. The summed E-state index contributed by atoms with van der Waals surface area (Å²) < 4.78 is 0. The van der Waals surface area contributed by atoms with E-state index in [1.165, 1.54) is 19.3 Å². The minimum absolute atomic E-state index is 0.179. The van der Waals surface area contributed by atoms with E-state index in [1.54, 1.807) is 0 Å². The van der Waals surface area contributed by atoms with Crippen LogP contribution in [0.5, 0.6) is 0 Å². The monoisotopic (exact) mass is 282 g/mol. The lowest BCUT2D eigenvalue weighted by molar-refractivity contribution is -0.137. The highest BCUT2D eigenvalue weighted by molar-refractivity contribution is 5.79. The zero-order valence-corrected chi connectivity index (χ0v) is 13.1. The van der Waals surface area contributed by atoms with Gasteiger partial charge >= 0.3 is 0 Å². The molecule has 0 spiro atoms. The Kier molecular flexibility index (Phi) is 5.85. The normalized spacial score (nSPS) is 25.3. The summed E-state index contributed by atoms with van der Waals surface area (Å²) in [6.07, 6.45) is 8.27. The Morgan fingerprint density at radius 1 is 1.20 bits per heavy atom. The van der Waals surface area contributed by atoms with Gasteiger partial charge in [-0.1, -0.05) is 19.3 Å². The van der Waals surface area contributed by atoms with Crippen molar-refractivity contribution in [1.29, 1.82) is 0 Å². The van der Waals surface area contributed by atoms with Crippen molar-refractivity contribution in [2.75, 3.05) is 19.7 Å². The smallest absolute Gasteiger partial charge is 0.237 e. The zero-order valence-electron chi connectivity index (χ0n) is 13.1. The molecule has 0 radical (unpaired) electrons. The largest absolute Gasteiger partial charge is 0.395 e. The predicted molar refractivity (Wildman–Crippen MR) is 80.5 cm³/mol. The second-order valence-electron chi connectivity index (χ2n) is 6.64. The standard InChI is InChI=1S/C16H30N2O2/c1-13(2)18(14-7-4-3-5-8-14)16(20)11-17-10-6-9-15(17)12-19/h13-15,19H,3-12H2,1-2H3. The van der Waals surface area contributed by atoms with Gasteiger partial charge in [-0.05, 0) is 46.1 Å². The first-order valence-corrected chi connectivity index (χ1v) is 8.29. The lowest BCUT2D eigenvalue weighted by atomic mass is 9.93. The van der Waals surface area contributed by atoms with Crippen molar-refractivity contribution in [3.8, 4) is 0 Å². The van der Waals surface area contributed by atoms with Crippen molar-refractivity contribution >= 4 is 5.91 Å². The van der Waals surface area contributed by atoms with Gasteiger partial charge in [0.05, 0.1) is 13.2 Å². The lowest BCUT2D eigenvalue weighted by Crippen LogP contribution is -2.50. The van der Waals surface area contributed by atoms with E-state index in [2.05, 4.69) is 23.6 Å². The Balaban J connectivity index is 1.96. The van der Waals surface area contributed by atoms with Crippen LogP contribution in [0.3, 0.4) is 0 Å². The van der Waals surface area contributed by atoms with Crippen LogP contribution in [0.15, 0.2) is 0 Å². The van der Waals surface area contributed by atoms with Gasteiger partial charge in [-0.15, -0.1) is 0 Å². The Morgan fingerprint density at radius 3 is 2.50 bits per heavy atom. The molecule has 1 saturated carbocycles. The third-order valence-corrected chi connectivity index (χ3v) is 4.86. The predicted octanol–water partition coefficient (Wildman–Crippen LogP) is 2.01. The van der Waals surface area contributed by atoms with Crippen LogP contribution in [0, 0.1) is 0 Å². The van der Waals surface area contributed by atoms with E-state index in [0.717, 1.165) is 32.2 Å². The third kappa shape index (κ3) is 3.73. The van der Waals surface area contributed by atoms with E-state index in [-0.39, 0.29) is 24.6 Å². The molecule has 1 N–H and O–H groups in total. The van der Waals surface area contributed by atoms with Crippen LogP contribution >= 0.6 is 0 Å². The molecule has 2 rings (SSSR count). The fourth-order valence-electron chi connectivity index (χ4n) is 3.84. The summed E-state index contributed by atoms with van der Waals surface area (Å²) >= 11 is 0. The average molecular weight is 282 g/mol. The molecule has 20 heavy (non-hydrogen) atoms. The molecule has 1 amide bonds. The minimum atomic E-state index is 0.179. The number of hydrogen-bond donors (Lipinski definition) is 1. The van der Waals surface area contributed by atoms with Gasteiger partial charge in [0.15, 0.2) is 0 Å². The van der Waals surface area contributed by atoms with E-state index < -0.39 is 0 Å². The van der Waals surface area contributed by atoms with Crippen molar-refractivity contribution in [2.45, 2.75) is 76.9 Å². The zero-order chi connectivity index (χ0) is 14.5. The van der Waals surface area contributed by atoms with Crippen LogP contribution in [0.1, 0.15) is 58.8 Å². The quantitative estimate of drug-likeness (QED) is 0.839. The summed E-state index contributed by atoms with van der Waals surface area (Å²) in [5, 5.41) is 9.38. The van der Waals surface area contributed by atoms with Crippen molar-refractivity contribution in [1.82, 2.24) is 9.80 Å². The number of aliphatic hydroxyl groups is 1. The summed E-state index contributed by atoms with van der Waals surface area (Å²) in [4.78, 5) is 17.0. The van der Waals surface area contributed by atoms with Gasteiger partial charge in [-0.2, -0.15) is 0 Å². The van der Waals surface area contributed by atoms with E-state index >= 15 is 0 Å². The molecule has 116 valence electrons. The molecule has 0 aromatic heterocycles. The van der Waals surface area contributed by atoms with Gasteiger partial charge in [-0.25, -0.2) is 0 Å². The number of carbonyl (C=O) groups is 1. The van der Waals surface area contributed by atoms with Crippen LogP contribution < -0.4 is 0 Å². The van der Waals surface area contributed by atoms with Crippen LogP contribution in [0.25, 0.3) is 0 Å². The summed E-state index contributed by atoms with van der Waals surface area (Å²) in [7, 11) is 0. The molecule has 1 unspecified atom stereocenters. The lowest BCUT2D eigenvalue weighted by Gasteiger charge is -2.38. The number of nitrogens with zero attached hydrogens (tertiary/aromatic N) is 2. The number of hydrogen-bond acceptors (Lipinski definition) is 3. The molecular formula is C16H30N2O2. The summed E-state index contributed by atoms with van der Waals surface area (Å²) in [6, 6.07) is 0.909. The number of carbonyl (C=O) groups excluding carboxylic acids is 1. The maximum absolute atomic E-state index is 12.7. The van der Waals surface area contributed by atoms with Crippen LogP contribution in [-0.2, 0) is 4.79 Å². The number of likely N-dealkylation sites (tertiary alicyclic amines) is 1. The van der Waals surface area contributed by atoms with E-state index in [4.69, 9.17) is 0 Å². The Labute approximate surface area is 123 Å². The fraction of sp³-hybridized carbons (Fsp3) is 0.938. The molecule has 1 heterocycles. The van der Waals surface area contributed by atoms with Gasteiger partial charge in [0, 0.05) is 18.1 Å². The average Bonchev–Trinajstić information content (AvgIpc) is 2.86. The van der Waals surface area contributed by atoms with Crippen LogP contribution in [0.2, 0.25) is 0 Å². The molecule has 1 saturated heterocycles. The SMILES string of the molecule is CC(C)N(C(=O)CN1CCCC1CO)C1CCCCC1. The van der Waals surface area contributed by atoms with E-state index in [9.17, 15) is 9.90 Å². The Hall–Kier alpha value is -0.610. The summed E-state index contributed by atoms with van der Waals surface area (Å²) in [5.41, 5.74) is 0. The number of rotatable bonds is 5. The molecule has 2 aliphatic rings. The fourth-order valence-corrected chi connectivity index (χ4v) is 3.84. The Morgan fingerprint density at radius 2 is 1.90 bits per heavy atom. The summed E-state index contributed by atoms with van der Waals surface area (Å²) in [6.45, 7) is 5.87. The Bertz CT molecular complexity index is 314. The summed E-state index contributed by atoms with van der Waals surface area (Å²) in [5.74, 6) is 0.257. The second kappa shape index (κ2) is 7.41. The van der Waals surface area contributed by atoms with E-state index in [0.29, 0.717) is 12.6 Å². The first-order valence-electron chi connectivity index (χ1n) is 8.29. The van der Waals surface area contributed by atoms with Crippen molar-refractivity contribution in [2.24, 2.45) is 0 Å². The maximum atomic E-state index is 12.7. The first kappa shape index (κ1) is 15.8. The molecule has 4 nitrogen and oxygen atoms in total. The van der Waals surface area contributed by atoms with Gasteiger partial charge in [0.2, 0.25) is 5.91 Å². The minimum Gasteiger partial charge on any atom is -0.395 e. The van der Waals surface area contributed by atoms with Crippen LogP contribution in [0.4, 0.5) is 0 Å². The molecule has 1 aliphatic heterocycles. The van der Waals surface area contributed by atoms with Gasteiger partial charge in [0.25, 0.3) is 0 Å². The highest BCUT2D eigenvalue weighted by Crippen LogP contribution is 2.25. The van der Waals surface area contributed by atoms with Gasteiger partial charge in [0.1, 0.15) is 0 Å². The molecule has 0 bridgehead atoms. The van der Waals surface area contributed by atoms with E-state index in [1.807, 2.05) is 0 Å². The third-order valence-electron chi connectivity index (χ3n) is 4.86. The van der Waals surface area contributed by atoms with Gasteiger partial charge in [-0.3, -0.25) is 9.69 Å². The van der Waals surface area contributed by atoms with Crippen molar-refractivity contribution in [3.05, 3.63) is 0 Å². The van der Waals surface area contributed by atoms with Gasteiger partial charge < -0.3 is 10.0 Å². The number of amides is 1. The number of aliphatic hydroxyl groups excluding tert-OH is 1. The highest BCUT2D eigenvalue weighted by atomic mass is 16.3. The topological polar surface area (TPSA) is 43.8 Å². The van der Waals surface area contributed by atoms with Crippen molar-refractivity contribution < 1.29 is 9.90 Å². The highest BCUT2D eigenvalue weighted by Gasteiger charge is 2.31. The first-order chi connectivity index (χ1) is 9.63. The van der Waals surface area contributed by atoms with Crippen molar-refractivity contribution in [3.63, 3.8) is 0 Å².